The molecule has 1 fully saturated rings. The minimum atomic E-state index is -2.65. The highest BCUT2D eigenvalue weighted by atomic mass is 19.3. The van der Waals surface area contributed by atoms with E-state index in [-0.39, 0.29) is 29.1 Å². The first-order chi connectivity index (χ1) is 11.1. The topological polar surface area (TPSA) is 58.6 Å². The summed E-state index contributed by atoms with van der Waals surface area (Å²) in [5.74, 6) is -0.539. The van der Waals surface area contributed by atoms with E-state index in [1.165, 1.54) is 6.08 Å². The minimum Gasteiger partial charge on any atom is -0.444 e. The number of amides is 2. The molecule has 0 spiro atoms. The van der Waals surface area contributed by atoms with Crippen LogP contribution in [0.4, 0.5) is 13.6 Å². The van der Waals surface area contributed by atoms with E-state index in [0.29, 0.717) is 19.6 Å². The number of hydrogen-bond donors (Lipinski definition) is 1. The van der Waals surface area contributed by atoms with Crippen molar-refractivity contribution in [3.8, 4) is 0 Å². The van der Waals surface area contributed by atoms with Crippen LogP contribution in [0.1, 0.15) is 27.7 Å². The van der Waals surface area contributed by atoms with Crippen LogP contribution in [0.5, 0.6) is 0 Å². The predicted molar refractivity (Wildman–Crippen MR) is 85.6 cm³/mol. The first-order valence-electron chi connectivity index (χ1n) is 8.05. The lowest BCUT2D eigenvalue weighted by molar-refractivity contribution is -0.117. The highest BCUT2D eigenvalue weighted by Gasteiger charge is 2.34. The molecule has 2 aliphatic rings. The Morgan fingerprint density at radius 2 is 1.96 bits per heavy atom. The molecule has 1 aliphatic carbocycles. The van der Waals surface area contributed by atoms with Gasteiger partial charge in [-0.1, -0.05) is 19.1 Å². The van der Waals surface area contributed by atoms with Crippen molar-refractivity contribution < 1.29 is 23.1 Å². The van der Waals surface area contributed by atoms with Gasteiger partial charge in [-0.2, -0.15) is 0 Å². The monoisotopic (exact) mass is 342 g/mol. The number of rotatable bonds is 4. The molecule has 0 bridgehead atoms. The average Bonchev–Trinajstić information content (AvgIpc) is 2.76. The molecule has 0 aromatic carbocycles. The van der Waals surface area contributed by atoms with Gasteiger partial charge < -0.3 is 15.0 Å². The van der Waals surface area contributed by atoms with Gasteiger partial charge in [0, 0.05) is 36.7 Å². The normalized spacial score (nSPS) is 21.3. The van der Waals surface area contributed by atoms with Crippen LogP contribution in [-0.4, -0.2) is 48.6 Å². The zero-order valence-electron chi connectivity index (χ0n) is 14.4. The van der Waals surface area contributed by atoms with Crippen molar-refractivity contribution in [3.05, 3.63) is 23.3 Å². The molecular formula is C17H24F2N2O3. The number of likely N-dealkylation sites (tertiary alicyclic amines) is 1. The van der Waals surface area contributed by atoms with Crippen molar-refractivity contribution in [1.29, 1.82) is 0 Å². The van der Waals surface area contributed by atoms with Gasteiger partial charge in [-0.15, -0.1) is 0 Å². The van der Waals surface area contributed by atoms with Gasteiger partial charge in [-0.3, -0.25) is 4.79 Å². The standard InChI is InChI=1S/C17H24F2N2O3/c1-10-5-12(14(18)19)13(6-10)15(22)20-7-11-8-21(9-11)16(23)24-17(2,3)4/h5-6,10-11,14H,7-9H2,1-4H3,(H,20,22). The van der Waals surface area contributed by atoms with Gasteiger partial charge in [-0.25, -0.2) is 13.6 Å². The van der Waals surface area contributed by atoms with Crippen molar-refractivity contribution in [1.82, 2.24) is 10.2 Å². The Bertz CT molecular complexity index is 573. The van der Waals surface area contributed by atoms with Crippen LogP contribution in [-0.2, 0) is 9.53 Å². The zero-order valence-corrected chi connectivity index (χ0v) is 14.4. The lowest BCUT2D eigenvalue weighted by Gasteiger charge is -2.39. The lowest BCUT2D eigenvalue weighted by Crippen LogP contribution is -2.55. The van der Waals surface area contributed by atoms with Crippen molar-refractivity contribution in [3.63, 3.8) is 0 Å². The number of halogens is 2. The van der Waals surface area contributed by atoms with E-state index in [9.17, 15) is 18.4 Å². The Balaban J connectivity index is 1.76. The fourth-order valence-electron chi connectivity index (χ4n) is 2.68. The molecule has 0 radical (unpaired) electrons. The number of allylic oxidation sites excluding steroid dienone is 2. The lowest BCUT2D eigenvalue weighted by atomic mass is 10.0. The van der Waals surface area contributed by atoms with E-state index < -0.39 is 17.9 Å². The van der Waals surface area contributed by atoms with Gasteiger partial charge in [0.05, 0.1) is 0 Å². The summed E-state index contributed by atoms with van der Waals surface area (Å²) in [5, 5.41) is 2.68. The second-order valence-electron chi connectivity index (χ2n) is 7.32. The molecule has 1 N–H and O–H groups in total. The molecule has 0 aromatic heterocycles. The fraction of sp³-hybridized carbons (Fsp3) is 0.647. The van der Waals surface area contributed by atoms with E-state index in [1.54, 1.807) is 38.7 Å². The maximum atomic E-state index is 12.9. The highest BCUT2D eigenvalue weighted by molar-refractivity contribution is 5.98. The quantitative estimate of drug-likeness (QED) is 0.855. The number of alkyl halides is 2. The summed E-state index contributed by atoms with van der Waals surface area (Å²) < 4.78 is 31.1. The maximum absolute atomic E-state index is 12.9. The summed E-state index contributed by atoms with van der Waals surface area (Å²) in [6, 6.07) is 0. The summed E-state index contributed by atoms with van der Waals surface area (Å²) in [5.41, 5.74) is -0.690. The fourth-order valence-corrected chi connectivity index (χ4v) is 2.68. The third-order valence-electron chi connectivity index (χ3n) is 3.82. The summed E-state index contributed by atoms with van der Waals surface area (Å²) in [7, 11) is 0. The molecule has 5 nitrogen and oxygen atoms in total. The van der Waals surface area contributed by atoms with Gasteiger partial charge in [0.1, 0.15) is 5.60 Å². The molecule has 2 amide bonds. The van der Waals surface area contributed by atoms with Gasteiger partial charge in [0.25, 0.3) is 12.3 Å². The van der Waals surface area contributed by atoms with Crippen LogP contribution < -0.4 is 5.32 Å². The number of nitrogens with one attached hydrogen (secondary N) is 1. The molecule has 0 saturated carbocycles. The second-order valence-corrected chi connectivity index (χ2v) is 7.32. The van der Waals surface area contributed by atoms with Crippen LogP contribution in [0.15, 0.2) is 23.3 Å². The molecule has 1 unspecified atom stereocenters. The third kappa shape index (κ3) is 4.55. The Morgan fingerprint density at radius 3 is 2.50 bits per heavy atom. The minimum absolute atomic E-state index is 0.0563. The first-order valence-corrected chi connectivity index (χ1v) is 8.05. The molecule has 134 valence electrons. The number of hydrogen-bond acceptors (Lipinski definition) is 3. The Hall–Kier alpha value is -1.92. The van der Waals surface area contributed by atoms with Crippen molar-refractivity contribution in [2.45, 2.75) is 39.7 Å². The molecule has 1 atom stereocenters. The molecule has 24 heavy (non-hydrogen) atoms. The van der Waals surface area contributed by atoms with E-state index in [1.807, 2.05) is 0 Å². The van der Waals surface area contributed by atoms with Crippen LogP contribution in [0.3, 0.4) is 0 Å². The molecular weight excluding hydrogens is 318 g/mol. The number of carbonyl (C=O) groups excluding carboxylic acids is 2. The van der Waals surface area contributed by atoms with Crippen LogP contribution in [0.25, 0.3) is 0 Å². The molecule has 0 aromatic rings. The average molecular weight is 342 g/mol. The molecule has 1 heterocycles. The molecule has 1 aliphatic heterocycles. The van der Waals surface area contributed by atoms with Crippen molar-refractivity contribution >= 4 is 12.0 Å². The van der Waals surface area contributed by atoms with Crippen LogP contribution in [0.2, 0.25) is 0 Å². The van der Waals surface area contributed by atoms with Gasteiger partial charge >= 0.3 is 6.09 Å². The molecule has 1 saturated heterocycles. The van der Waals surface area contributed by atoms with Gasteiger partial charge in [-0.05, 0) is 26.7 Å². The highest BCUT2D eigenvalue weighted by Crippen LogP contribution is 2.28. The van der Waals surface area contributed by atoms with E-state index in [4.69, 9.17) is 4.74 Å². The van der Waals surface area contributed by atoms with Crippen molar-refractivity contribution in [2.75, 3.05) is 19.6 Å². The van der Waals surface area contributed by atoms with E-state index in [2.05, 4.69) is 5.32 Å². The SMILES string of the molecule is CC1C=C(C(=O)NCC2CN(C(=O)OC(C)(C)C)C2)C(C(F)F)=C1. The number of carbonyl (C=O) groups is 2. The van der Waals surface area contributed by atoms with Gasteiger partial charge in [0.2, 0.25) is 0 Å². The third-order valence-corrected chi connectivity index (χ3v) is 3.82. The first kappa shape index (κ1) is 18.4. The maximum Gasteiger partial charge on any atom is 0.410 e. The Labute approximate surface area is 140 Å². The predicted octanol–water partition coefficient (Wildman–Crippen LogP) is 2.74. The van der Waals surface area contributed by atoms with Crippen molar-refractivity contribution in [2.24, 2.45) is 11.8 Å². The van der Waals surface area contributed by atoms with Crippen LogP contribution >= 0.6 is 0 Å². The number of ether oxygens (including phenoxy) is 1. The summed E-state index contributed by atoms with van der Waals surface area (Å²) in [4.78, 5) is 25.5. The molecule has 7 heteroatoms. The largest absolute Gasteiger partial charge is 0.444 e. The van der Waals surface area contributed by atoms with Gasteiger partial charge in [0.15, 0.2) is 0 Å². The second kappa shape index (κ2) is 6.91. The zero-order chi connectivity index (χ0) is 18.1. The summed E-state index contributed by atoms with van der Waals surface area (Å²) in [6.07, 6.45) is -0.0729. The Morgan fingerprint density at radius 1 is 1.33 bits per heavy atom. The summed E-state index contributed by atoms with van der Waals surface area (Å²) in [6.45, 7) is 8.48. The van der Waals surface area contributed by atoms with E-state index in [0.717, 1.165) is 0 Å². The molecule has 2 rings (SSSR count). The van der Waals surface area contributed by atoms with Crippen LogP contribution in [0, 0.1) is 11.8 Å². The van der Waals surface area contributed by atoms with E-state index >= 15 is 0 Å². The smallest absolute Gasteiger partial charge is 0.410 e. The Kier molecular flexibility index (Phi) is 5.30. The summed E-state index contributed by atoms with van der Waals surface area (Å²) >= 11 is 0. The number of nitrogens with zero attached hydrogens (tertiary/aromatic N) is 1.